The predicted molar refractivity (Wildman–Crippen MR) is 123 cm³/mol. The van der Waals surface area contributed by atoms with Gasteiger partial charge in [-0.05, 0) is 23.9 Å². The zero-order valence-corrected chi connectivity index (χ0v) is 19.2. The average Bonchev–Trinajstić information content (AvgIpc) is 3.21. The lowest BCUT2D eigenvalue weighted by Crippen LogP contribution is -2.23. The van der Waals surface area contributed by atoms with Crippen molar-refractivity contribution in [1.29, 1.82) is 0 Å². The summed E-state index contributed by atoms with van der Waals surface area (Å²) in [5.74, 6) is 0.712. The second-order valence-corrected chi connectivity index (χ2v) is 8.63. The van der Waals surface area contributed by atoms with Gasteiger partial charge in [0, 0.05) is 12.6 Å². The highest BCUT2D eigenvalue weighted by molar-refractivity contribution is 7.99. The van der Waals surface area contributed by atoms with Gasteiger partial charge in [0.1, 0.15) is 16.2 Å². The molecule has 0 unspecified atom stereocenters. The number of halogens is 1. The Morgan fingerprint density at radius 1 is 1.30 bits per heavy atom. The maximum absolute atomic E-state index is 12.8. The number of unbranched alkanes of at least 4 members (excludes halogenated alkanes) is 1. The van der Waals surface area contributed by atoms with Gasteiger partial charge in [0.05, 0.1) is 36.2 Å². The Morgan fingerprint density at radius 2 is 2.07 bits per heavy atom. The third-order valence-corrected chi connectivity index (χ3v) is 6.51. The molecule has 3 aromatic rings. The molecule has 1 aromatic carbocycles. The number of nitrogens with zero attached hydrogens (tertiary/aromatic N) is 2. The van der Waals surface area contributed by atoms with Gasteiger partial charge in [-0.1, -0.05) is 36.7 Å². The summed E-state index contributed by atoms with van der Waals surface area (Å²) in [7, 11) is 3.00. The smallest absolute Gasteiger partial charge is 0.272 e. The van der Waals surface area contributed by atoms with Gasteiger partial charge in [0.25, 0.3) is 5.56 Å². The van der Waals surface area contributed by atoms with Crippen LogP contribution in [0.5, 0.6) is 11.5 Å². The van der Waals surface area contributed by atoms with Crippen molar-refractivity contribution in [3.05, 3.63) is 39.0 Å². The Hall–Kier alpha value is -2.23. The molecule has 3 rings (SSSR count). The summed E-state index contributed by atoms with van der Waals surface area (Å²) >= 11 is 8.77. The number of ether oxygens (including phenoxy) is 2. The summed E-state index contributed by atoms with van der Waals surface area (Å²) in [6, 6.07) is 5.01. The number of hydrogen-bond donors (Lipinski definition) is 1. The van der Waals surface area contributed by atoms with Crippen molar-refractivity contribution in [2.45, 2.75) is 31.5 Å². The molecular formula is C20H22ClN3O4S2. The van der Waals surface area contributed by atoms with Crippen molar-refractivity contribution < 1.29 is 14.3 Å². The monoisotopic (exact) mass is 467 g/mol. The van der Waals surface area contributed by atoms with Gasteiger partial charge >= 0.3 is 0 Å². The normalized spacial score (nSPS) is 10.9. The number of fused-ring (bicyclic) bond motifs is 1. The van der Waals surface area contributed by atoms with Crippen LogP contribution >= 0.6 is 34.7 Å². The molecule has 2 heterocycles. The molecule has 1 N–H and O–H groups in total. The van der Waals surface area contributed by atoms with Crippen molar-refractivity contribution in [3.63, 3.8) is 0 Å². The van der Waals surface area contributed by atoms with Crippen LogP contribution in [-0.4, -0.2) is 35.4 Å². The molecular weight excluding hydrogens is 446 g/mol. The minimum absolute atomic E-state index is 0.0602. The third-order valence-electron chi connectivity index (χ3n) is 4.35. The quantitative estimate of drug-likeness (QED) is 0.364. The molecule has 0 saturated heterocycles. The Morgan fingerprint density at radius 3 is 2.77 bits per heavy atom. The summed E-state index contributed by atoms with van der Waals surface area (Å²) in [5.41, 5.74) is 1.04. The first-order chi connectivity index (χ1) is 14.5. The van der Waals surface area contributed by atoms with Gasteiger partial charge in [-0.2, -0.15) is 0 Å². The third kappa shape index (κ3) is 4.91. The molecule has 0 bridgehead atoms. The van der Waals surface area contributed by atoms with E-state index in [1.165, 1.54) is 37.3 Å². The number of aromatic nitrogens is 2. The molecule has 0 spiro atoms. The fourth-order valence-corrected chi connectivity index (χ4v) is 4.67. The van der Waals surface area contributed by atoms with Crippen molar-refractivity contribution in [2.75, 3.05) is 25.3 Å². The van der Waals surface area contributed by atoms with E-state index in [-0.39, 0.29) is 17.2 Å². The number of methoxy groups -OCH3 is 2. The molecule has 0 aliphatic rings. The van der Waals surface area contributed by atoms with Crippen LogP contribution in [0.2, 0.25) is 5.02 Å². The number of thioether (sulfide) groups is 1. The first kappa shape index (κ1) is 22.5. The van der Waals surface area contributed by atoms with Gasteiger partial charge in [-0.25, -0.2) is 4.98 Å². The van der Waals surface area contributed by atoms with Crippen LogP contribution in [0.15, 0.2) is 33.5 Å². The Bertz CT molecular complexity index is 1110. The number of hydrogen-bond acceptors (Lipinski definition) is 7. The molecule has 160 valence electrons. The van der Waals surface area contributed by atoms with E-state index in [9.17, 15) is 9.59 Å². The summed E-state index contributed by atoms with van der Waals surface area (Å²) in [6.07, 6.45) is 1.82. The molecule has 1 amide bonds. The van der Waals surface area contributed by atoms with E-state index in [0.717, 1.165) is 12.8 Å². The minimum atomic E-state index is -0.263. The lowest BCUT2D eigenvalue weighted by Gasteiger charge is -2.14. The van der Waals surface area contributed by atoms with E-state index in [4.69, 9.17) is 21.1 Å². The van der Waals surface area contributed by atoms with Crippen molar-refractivity contribution in [3.8, 4) is 11.5 Å². The Kier molecular flexibility index (Phi) is 7.63. The highest BCUT2D eigenvalue weighted by Gasteiger charge is 2.16. The second kappa shape index (κ2) is 10.2. The molecule has 7 nitrogen and oxygen atoms in total. The van der Waals surface area contributed by atoms with E-state index in [0.29, 0.717) is 44.1 Å². The Balaban J connectivity index is 1.78. The Labute approximate surface area is 187 Å². The van der Waals surface area contributed by atoms with Crippen LogP contribution in [0.25, 0.3) is 10.2 Å². The SMILES string of the molecule is CCCCn1c(SCC(=O)Nc2cc(Cl)c(OC)cc2OC)nc2ccsc2c1=O. The number of carbonyl (C=O) groups is 1. The molecule has 0 atom stereocenters. The fourth-order valence-electron chi connectivity index (χ4n) is 2.82. The average molecular weight is 468 g/mol. The molecule has 30 heavy (non-hydrogen) atoms. The van der Waals surface area contributed by atoms with Crippen molar-refractivity contribution in [1.82, 2.24) is 9.55 Å². The first-order valence-corrected chi connectivity index (χ1v) is 11.5. The van der Waals surface area contributed by atoms with Gasteiger partial charge in [0.15, 0.2) is 5.16 Å². The lowest BCUT2D eigenvalue weighted by molar-refractivity contribution is -0.113. The lowest BCUT2D eigenvalue weighted by atomic mass is 10.2. The number of benzene rings is 1. The zero-order valence-electron chi connectivity index (χ0n) is 16.9. The fraction of sp³-hybridized carbons (Fsp3) is 0.350. The standard InChI is InChI=1S/C20H22ClN3O4S2/c1-4-5-7-24-19(26)18-13(6-8-29-18)23-20(24)30-11-17(25)22-14-9-12(21)15(27-2)10-16(14)28-3/h6,8-10H,4-5,7,11H2,1-3H3,(H,22,25). The molecule has 0 aliphatic carbocycles. The molecule has 0 aliphatic heterocycles. The number of rotatable bonds is 9. The molecule has 0 saturated carbocycles. The minimum Gasteiger partial charge on any atom is -0.495 e. The van der Waals surface area contributed by atoms with Crippen LogP contribution in [0.4, 0.5) is 5.69 Å². The van der Waals surface area contributed by atoms with Crippen molar-refractivity contribution >= 4 is 56.5 Å². The maximum Gasteiger partial charge on any atom is 0.272 e. The van der Waals surface area contributed by atoms with Gasteiger partial charge in [0.2, 0.25) is 5.91 Å². The zero-order chi connectivity index (χ0) is 21.7. The van der Waals surface area contributed by atoms with Crippen LogP contribution in [0, 0.1) is 0 Å². The largest absolute Gasteiger partial charge is 0.495 e. The number of nitrogens with one attached hydrogen (secondary N) is 1. The summed E-state index contributed by atoms with van der Waals surface area (Å²) < 4.78 is 12.8. The molecule has 0 fully saturated rings. The van der Waals surface area contributed by atoms with E-state index >= 15 is 0 Å². The van der Waals surface area contributed by atoms with E-state index in [2.05, 4.69) is 17.2 Å². The topological polar surface area (TPSA) is 82.5 Å². The number of amides is 1. The number of carbonyl (C=O) groups excluding carboxylic acids is 1. The second-order valence-electron chi connectivity index (χ2n) is 6.36. The van der Waals surface area contributed by atoms with E-state index in [1.807, 2.05) is 11.4 Å². The van der Waals surface area contributed by atoms with Gasteiger partial charge in [-0.3, -0.25) is 14.2 Å². The van der Waals surface area contributed by atoms with Crippen LogP contribution in [0.1, 0.15) is 19.8 Å². The highest BCUT2D eigenvalue weighted by Crippen LogP contribution is 2.36. The molecule has 2 aromatic heterocycles. The van der Waals surface area contributed by atoms with Crippen molar-refractivity contribution in [2.24, 2.45) is 0 Å². The summed E-state index contributed by atoms with van der Waals surface area (Å²) in [5, 5.41) is 5.54. The number of anilines is 1. The highest BCUT2D eigenvalue weighted by atomic mass is 35.5. The first-order valence-electron chi connectivity index (χ1n) is 9.30. The van der Waals surface area contributed by atoms with Gasteiger partial charge < -0.3 is 14.8 Å². The van der Waals surface area contributed by atoms with Crippen LogP contribution < -0.4 is 20.3 Å². The van der Waals surface area contributed by atoms with Crippen LogP contribution in [0.3, 0.4) is 0 Å². The molecule has 10 heteroatoms. The van der Waals surface area contributed by atoms with E-state index in [1.54, 1.807) is 16.7 Å². The maximum atomic E-state index is 12.8. The van der Waals surface area contributed by atoms with E-state index < -0.39 is 0 Å². The summed E-state index contributed by atoms with van der Waals surface area (Å²) in [6.45, 7) is 2.64. The molecule has 0 radical (unpaired) electrons. The van der Waals surface area contributed by atoms with Gasteiger partial charge in [-0.15, -0.1) is 11.3 Å². The summed E-state index contributed by atoms with van der Waals surface area (Å²) in [4.78, 5) is 30.0. The predicted octanol–water partition coefficient (Wildman–Crippen LogP) is 4.66. The van der Waals surface area contributed by atoms with Crippen LogP contribution in [-0.2, 0) is 11.3 Å². The number of thiophene rings is 1.